The number of aliphatic hydroxyl groups is 1. The molecule has 1 aromatic carbocycles. The fraction of sp³-hybridized carbons (Fsp3) is 0.500. The lowest BCUT2D eigenvalue weighted by molar-refractivity contribution is -0.137. The predicted molar refractivity (Wildman–Crippen MR) is 59.3 cm³/mol. The normalized spacial score (nSPS) is 14.8. The summed E-state index contributed by atoms with van der Waals surface area (Å²) in [5, 5.41) is 9.78. The number of rotatable bonds is 2. The van der Waals surface area contributed by atoms with Gasteiger partial charge in [0, 0.05) is 6.04 Å². The highest BCUT2D eigenvalue weighted by Crippen LogP contribution is 2.34. The van der Waals surface area contributed by atoms with Crippen LogP contribution in [-0.2, 0) is 11.8 Å². The molecule has 0 aromatic heterocycles. The second kappa shape index (κ2) is 4.31. The van der Waals surface area contributed by atoms with Crippen molar-refractivity contribution in [2.24, 2.45) is 5.73 Å². The van der Waals surface area contributed by atoms with Crippen LogP contribution in [0.4, 0.5) is 13.2 Å². The standard InChI is InChI=1S/C12H16F3NO/c1-7(16)8-4-9(11(2,3)17)6-10(5-8)12(13,14)15/h4-7,17H,16H2,1-3H3/t7-/m1/s1. The highest BCUT2D eigenvalue weighted by atomic mass is 19.4. The molecule has 0 aliphatic heterocycles. The number of alkyl halides is 3. The highest BCUT2D eigenvalue weighted by Gasteiger charge is 2.32. The zero-order chi connectivity index (χ0) is 13.4. The van der Waals surface area contributed by atoms with Gasteiger partial charge in [-0.15, -0.1) is 0 Å². The summed E-state index contributed by atoms with van der Waals surface area (Å²) in [5.74, 6) is 0. The van der Waals surface area contributed by atoms with Crippen LogP contribution in [0.2, 0.25) is 0 Å². The minimum atomic E-state index is -4.44. The van der Waals surface area contributed by atoms with Crippen molar-refractivity contribution in [3.05, 3.63) is 34.9 Å². The minimum Gasteiger partial charge on any atom is -0.386 e. The Morgan fingerprint density at radius 1 is 1.12 bits per heavy atom. The van der Waals surface area contributed by atoms with Crippen molar-refractivity contribution in [1.82, 2.24) is 0 Å². The first kappa shape index (κ1) is 14.0. The van der Waals surface area contributed by atoms with Crippen LogP contribution in [0, 0.1) is 0 Å². The fourth-order valence-corrected chi connectivity index (χ4v) is 1.43. The summed E-state index contributed by atoms with van der Waals surface area (Å²) >= 11 is 0. The summed E-state index contributed by atoms with van der Waals surface area (Å²) in [6.45, 7) is 4.48. The molecule has 0 spiro atoms. The van der Waals surface area contributed by atoms with Crippen molar-refractivity contribution in [1.29, 1.82) is 0 Å². The number of hydrogen-bond donors (Lipinski definition) is 2. The largest absolute Gasteiger partial charge is 0.416 e. The SMILES string of the molecule is C[C@@H](N)c1cc(C(C)(C)O)cc(C(F)(F)F)c1. The summed E-state index contributed by atoms with van der Waals surface area (Å²) in [4.78, 5) is 0. The van der Waals surface area contributed by atoms with E-state index in [1.807, 2.05) is 0 Å². The maximum Gasteiger partial charge on any atom is 0.416 e. The smallest absolute Gasteiger partial charge is 0.386 e. The third-order valence-electron chi connectivity index (χ3n) is 2.51. The van der Waals surface area contributed by atoms with Crippen LogP contribution >= 0.6 is 0 Å². The van der Waals surface area contributed by atoms with Crippen molar-refractivity contribution in [3.63, 3.8) is 0 Å². The topological polar surface area (TPSA) is 46.2 Å². The Morgan fingerprint density at radius 3 is 1.94 bits per heavy atom. The molecule has 0 saturated heterocycles. The van der Waals surface area contributed by atoms with E-state index in [2.05, 4.69) is 0 Å². The van der Waals surface area contributed by atoms with Gasteiger partial charge in [-0.1, -0.05) is 6.07 Å². The Morgan fingerprint density at radius 2 is 1.59 bits per heavy atom. The summed E-state index contributed by atoms with van der Waals surface area (Å²) in [6, 6.07) is 2.95. The first-order valence-electron chi connectivity index (χ1n) is 5.22. The molecule has 1 rings (SSSR count). The van der Waals surface area contributed by atoms with E-state index in [4.69, 9.17) is 5.73 Å². The molecule has 17 heavy (non-hydrogen) atoms. The molecule has 0 saturated carbocycles. The highest BCUT2D eigenvalue weighted by molar-refractivity contribution is 5.35. The van der Waals surface area contributed by atoms with E-state index >= 15 is 0 Å². The van der Waals surface area contributed by atoms with E-state index < -0.39 is 23.4 Å². The van der Waals surface area contributed by atoms with E-state index in [0.29, 0.717) is 5.56 Å². The Labute approximate surface area is 98.3 Å². The van der Waals surface area contributed by atoms with Gasteiger partial charge < -0.3 is 10.8 Å². The summed E-state index contributed by atoms with van der Waals surface area (Å²) < 4.78 is 38.0. The summed E-state index contributed by atoms with van der Waals surface area (Å²) in [6.07, 6.45) is -4.44. The number of benzene rings is 1. The third-order valence-corrected chi connectivity index (χ3v) is 2.51. The van der Waals surface area contributed by atoms with Crippen molar-refractivity contribution < 1.29 is 18.3 Å². The molecule has 2 nitrogen and oxygen atoms in total. The first-order chi connectivity index (χ1) is 7.51. The molecule has 0 unspecified atom stereocenters. The molecule has 0 bridgehead atoms. The molecule has 0 aliphatic rings. The van der Waals surface area contributed by atoms with Gasteiger partial charge in [0.15, 0.2) is 0 Å². The average molecular weight is 247 g/mol. The van der Waals surface area contributed by atoms with Crippen LogP contribution in [0.25, 0.3) is 0 Å². The monoisotopic (exact) mass is 247 g/mol. The van der Waals surface area contributed by atoms with Crippen LogP contribution in [0.3, 0.4) is 0 Å². The van der Waals surface area contributed by atoms with Gasteiger partial charge >= 0.3 is 6.18 Å². The number of hydrogen-bond acceptors (Lipinski definition) is 2. The molecule has 1 aromatic rings. The molecule has 0 radical (unpaired) electrons. The molecular formula is C12H16F3NO. The van der Waals surface area contributed by atoms with E-state index in [1.54, 1.807) is 6.92 Å². The first-order valence-corrected chi connectivity index (χ1v) is 5.22. The summed E-state index contributed by atoms with van der Waals surface area (Å²) in [7, 11) is 0. The zero-order valence-electron chi connectivity index (χ0n) is 9.97. The molecule has 3 N–H and O–H groups in total. The lowest BCUT2D eigenvalue weighted by atomic mass is 9.92. The Balaban J connectivity index is 3.40. The van der Waals surface area contributed by atoms with E-state index in [0.717, 1.165) is 12.1 Å². The lowest BCUT2D eigenvalue weighted by Crippen LogP contribution is -2.19. The van der Waals surface area contributed by atoms with Crippen LogP contribution in [0.1, 0.15) is 43.5 Å². The van der Waals surface area contributed by atoms with Gasteiger partial charge in [-0.05, 0) is 44.0 Å². The molecule has 0 fully saturated rings. The second-order valence-electron chi connectivity index (χ2n) is 4.69. The molecule has 0 amide bonds. The number of nitrogens with two attached hydrogens (primary N) is 1. The molecule has 96 valence electrons. The van der Waals surface area contributed by atoms with Gasteiger partial charge in [0.25, 0.3) is 0 Å². The second-order valence-corrected chi connectivity index (χ2v) is 4.69. The molecular weight excluding hydrogens is 231 g/mol. The van der Waals surface area contributed by atoms with Gasteiger partial charge in [0.1, 0.15) is 0 Å². The van der Waals surface area contributed by atoms with Crippen LogP contribution in [0.5, 0.6) is 0 Å². The molecule has 0 aliphatic carbocycles. The maximum atomic E-state index is 12.7. The maximum absolute atomic E-state index is 12.7. The van der Waals surface area contributed by atoms with Gasteiger partial charge in [0.05, 0.1) is 11.2 Å². The van der Waals surface area contributed by atoms with Gasteiger partial charge in [-0.3, -0.25) is 0 Å². The fourth-order valence-electron chi connectivity index (χ4n) is 1.43. The Kier molecular flexibility index (Phi) is 3.55. The minimum absolute atomic E-state index is 0.208. The Hall–Kier alpha value is -1.07. The van der Waals surface area contributed by atoms with E-state index in [9.17, 15) is 18.3 Å². The van der Waals surface area contributed by atoms with E-state index in [1.165, 1.54) is 19.9 Å². The van der Waals surface area contributed by atoms with Gasteiger partial charge in [-0.2, -0.15) is 13.2 Å². The predicted octanol–water partition coefficient (Wildman–Crippen LogP) is 2.95. The van der Waals surface area contributed by atoms with Crippen molar-refractivity contribution in [2.75, 3.05) is 0 Å². The zero-order valence-corrected chi connectivity index (χ0v) is 9.97. The average Bonchev–Trinajstić information content (AvgIpc) is 2.14. The quantitative estimate of drug-likeness (QED) is 0.844. The van der Waals surface area contributed by atoms with Gasteiger partial charge in [-0.25, -0.2) is 0 Å². The van der Waals surface area contributed by atoms with Crippen LogP contribution < -0.4 is 5.73 Å². The van der Waals surface area contributed by atoms with Crippen molar-refractivity contribution in [3.8, 4) is 0 Å². The van der Waals surface area contributed by atoms with Gasteiger partial charge in [0.2, 0.25) is 0 Å². The Bertz CT molecular complexity index is 373. The molecule has 5 heteroatoms. The summed E-state index contributed by atoms with van der Waals surface area (Å²) in [5.41, 5.74) is 4.04. The van der Waals surface area contributed by atoms with Crippen LogP contribution in [-0.4, -0.2) is 5.11 Å². The number of halogens is 3. The van der Waals surface area contributed by atoms with Crippen molar-refractivity contribution in [2.45, 2.75) is 38.6 Å². The molecule has 0 heterocycles. The van der Waals surface area contributed by atoms with E-state index in [-0.39, 0.29) is 5.56 Å². The van der Waals surface area contributed by atoms with Crippen molar-refractivity contribution >= 4 is 0 Å². The third kappa shape index (κ3) is 3.44. The lowest BCUT2D eigenvalue weighted by Gasteiger charge is -2.21. The van der Waals surface area contributed by atoms with Crippen LogP contribution in [0.15, 0.2) is 18.2 Å². The molecule has 1 atom stereocenters.